The summed E-state index contributed by atoms with van der Waals surface area (Å²) >= 11 is 6.76. The predicted molar refractivity (Wildman–Crippen MR) is 86.0 cm³/mol. The number of benzene rings is 2. The van der Waals surface area contributed by atoms with Gasteiger partial charge in [0, 0.05) is 15.5 Å². The zero-order valence-electron chi connectivity index (χ0n) is 10.8. The van der Waals surface area contributed by atoms with Crippen molar-refractivity contribution in [2.24, 2.45) is 0 Å². The van der Waals surface area contributed by atoms with E-state index in [9.17, 15) is 4.79 Å². The van der Waals surface area contributed by atoms with Gasteiger partial charge in [-0.1, -0.05) is 28.1 Å². The number of carbonyl (C=O) groups excluding carboxylic acids is 1. The molecule has 0 aliphatic rings. The molecule has 0 radical (unpaired) electrons. The molecule has 5 heteroatoms. The van der Waals surface area contributed by atoms with E-state index in [0.717, 1.165) is 10.0 Å². The van der Waals surface area contributed by atoms with Gasteiger partial charge in [-0.3, -0.25) is 4.79 Å². The van der Waals surface area contributed by atoms with Crippen molar-refractivity contribution in [2.45, 2.75) is 6.54 Å². The summed E-state index contributed by atoms with van der Waals surface area (Å²) in [6, 6.07) is 13.1. The molecule has 0 saturated carbocycles. The fraction of sp³-hybridized carbons (Fsp3) is 0.133. The molecule has 0 aliphatic carbocycles. The molecule has 0 heterocycles. The van der Waals surface area contributed by atoms with Crippen molar-refractivity contribution in [3.8, 4) is 5.75 Å². The third kappa shape index (κ3) is 3.84. The molecule has 3 nitrogen and oxygen atoms in total. The SMILES string of the molecule is COc1ccc(C(=O)NCc2ccc(Br)cc2)c(Br)c1. The molecule has 0 aromatic heterocycles. The van der Waals surface area contributed by atoms with E-state index < -0.39 is 0 Å². The van der Waals surface area contributed by atoms with E-state index in [1.165, 1.54) is 0 Å². The van der Waals surface area contributed by atoms with E-state index in [0.29, 0.717) is 22.3 Å². The standard InChI is InChI=1S/C15H13Br2NO2/c1-20-12-6-7-13(14(17)8-12)15(19)18-9-10-2-4-11(16)5-3-10/h2-8H,9H2,1H3,(H,18,19). The van der Waals surface area contributed by atoms with Crippen molar-refractivity contribution < 1.29 is 9.53 Å². The summed E-state index contributed by atoms with van der Waals surface area (Å²) in [7, 11) is 1.59. The van der Waals surface area contributed by atoms with Crippen molar-refractivity contribution in [1.29, 1.82) is 0 Å². The number of hydrogen-bond acceptors (Lipinski definition) is 2. The van der Waals surface area contributed by atoms with Crippen LogP contribution in [0.4, 0.5) is 0 Å². The number of amides is 1. The molecule has 0 atom stereocenters. The van der Waals surface area contributed by atoms with E-state index in [1.807, 2.05) is 24.3 Å². The first-order valence-corrected chi connectivity index (χ1v) is 7.55. The summed E-state index contributed by atoms with van der Waals surface area (Å²) in [5.74, 6) is 0.587. The van der Waals surface area contributed by atoms with Gasteiger partial charge < -0.3 is 10.1 Å². The van der Waals surface area contributed by atoms with Crippen LogP contribution in [0, 0.1) is 0 Å². The summed E-state index contributed by atoms with van der Waals surface area (Å²) < 4.78 is 6.84. The first-order valence-electron chi connectivity index (χ1n) is 5.96. The number of halogens is 2. The Bertz CT molecular complexity index is 612. The lowest BCUT2D eigenvalue weighted by atomic mass is 10.2. The quantitative estimate of drug-likeness (QED) is 0.839. The molecule has 0 saturated heterocycles. The molecule has 2 rings (SSSR count). The highest BCUT2D eigenvalue weighted by Crippen LogP contribution is 2.22. The number of carbonyl (C=O) groups is 1. The second-order valence-electron chi connectivity index (χ2n) is 4.15. The molecule has 0 spiro atoms. The van der Waals surface area contributed by atoms with Crippen molar-refractivity contribution in [3.05, 3.63) is 62.5 Å². The lowest BCUT2D eigenvalue weighted by Crippen LogP contribution is -2.23. The summed E-state index contributed by atoms with van der Waals surface area (Å²) in [4.78, 5) is 12.1. The molecule has 2 aromatic carbocycles. The number of methoxy groups -OCH3 is 1. The molecular formula is C15H13Br2NO2. The minimum absolute atomic E-state index is 0.123. The second-order valence-corrected chi connectivity index (χ2v) is 5.92. The summed E-state index contributed by atoms with van der Waals surface area (Å²) in [6.07, 6.45) is 0. The topological polar surface area (TPSA) is 38.3 Å². The van der Waals surface area contributed by atoms with Gasteiger partial charge in [0.2, 0.25) is 0 Å². The first kappa shape index (κ1) is 15.1. The van der Waals surface area contributed by atoms with Crippen LogP contribution in [0.3, 0.4) is 0 Å². The monoisotopic (exact) mass is 397 g/mol. The fourth-order valence-electron chi connectivity index (χ4n) is 1.69. The van der Waals surface area contributed by atoms with Gasteiger partial charge in [0.05, 0.1) is 12.7 Å². The molecule has 1 N–H and O–H groups in total. The van der Waals surface area contributed by atoms with Crippen molar-refractivity contribution in [1.82, 2.24) is 5.32 Å². The van der Waals surface area contributed by atoms with Gasteiger partial charge in [0.25, 0.3) is 5.91 Å². The predicted octanol–water partition coefficient (Wildman–Crippen LogP) is 4.15. The third-order valence-electron chi connectivity index (χ3n) is 2.79. The van der Waals surface area contributed by atoms with Gasteiger partial charge in [0.1, 0.15) is 5.75 Å². The van der Waals surface area contributed by atoms with Crippen LogP contribution in [-0.2, 0) is 6.54 Å². The lowest BCUT2D eigenvalue weighted by Gasteiger charge is -2.08. The first-order chi connectivity index (χ1) is 9.60. The number of rotatable bonds is 4. The lowest BCUT2D eigenvalue weighted by molar-refractivity contribution is 0.0950. The van der Waals surface area contributed by atoms with Crippen LogP contribution in [0.25, 0.3) is 0 Å². The number of nitrogens with one attached hydrogen (secondary N) is 1. The van der Waals surface area contributed by atoms with Crippen molar-refractivity contribution >= 4 is 37.8 Å². The van der Waals surface area contributed by atoms with Gasteiger partial charge in [0.15, 0.2) is 0 Å². The zero-order valence-corrected chi connectivity index (χ0v) is 14.0. The summed E-state index contributed by atoms with van der Waals surface area (Å²) in [5, 5.41) is 2.89. The molecule has 0 aliphatic heterocycles. The van der Waals surface area contributed by atoms with E-state index in [4.69, 9.17) is 4.74 Å². The summed E-state index contributed by atoms with van der Waals surface area (Å²) in [5.41, 5.74) is 1.63. The number of hydrogen-bond donors (Lipinski definition) is 1. The molecule has 1 amide bonds. The molecule has 20 heavy (non-hydrogen) atoms. The Hall–Kier alpha value is -1.33. The molecule has 0 bridgehead atoms. The van der Waals surface area contributed by atoms with Gasteiger partial charge in [-0.2, -0.15) is 0 Å². The highest BCUT2D eigenvalue weighted by molar-refractivity contribution is 9.10. The van der Waals surface area contributed by atoms with Crippen LogP contribution >= 0.6 is 31.9 Å². The Balaban J connectivity index is 2.03. The van der Waals surface area contributed by atoms with Gasteiger partial charge in [-0.15, -0.1) is 0 Å². The molecular weight excluding hydrogens is 386 g/mol. The van der Waals surface area contributed by atoms with Crippen LogP contribution in [0.15, 0.2) is 51.4 Å². The summed E-state index contributed by atoms with van der Waals surface area (Å²) in [6.45, 7) is 0.491. The molecule has 2 aromatic rings. The minimum Gasteiger partial charge on any atom is -0.497 e. The minimum atomic E-state index is -0.123. The van der Waals surface area contributed by atoms with Crippen LogP contribution in [0.1, 0.15) is 15.9 Å². The van der Waals surface area contributed by atoms with E-state index in [2.05, 4.69) is 37.2 Å². The third-order valence-corrected chi connectivity index (χ3v) is 3.97. The average molecular weight is 399 g/mol. The second kappa shape index (κ2) is 6.90. The van der Waals surface area contributed by atoms with Crippen LogP contribution in [0.2, 0.25) is 0 Å². The Morgan fingerprint density at radius 2 is 1.85 bits per heavy atom. The maximum atomic E-state index is 12.1. The highest BCUT2D eigenvalue weighted by atomic mass is 79.9. The van der Waals surface area contributed by atoms with Gasteiger partial charge in [-0.05, 0) is 51.8 Å². The Morgan fingerprint density at radius 1 is 1.15 bits per heavy atom. The van der Waals surface area contributed by atoms with Crippen molar-refractivity contribution in [2.75, 3.05) is 7.11 Å². The maximum Gasteiger partial charge on any atom is 0.252 e. The van der Waals surface area contributed by atoms with E-state index in [-0.39, 0.29) is 5.91 Å². The Kier molecular flexibility index (Phi) is 5.20. The van der Waals surface area contributed by atoms with E-state index >= 15 is 0 Å². The average Bonchev–Trinajstić information content (AvgIpc) is 2.46. The maximum absolute atomic E-state index is 12.1. The normalized spacial score (nSPS) is 10.2. The van der Waals surface area contributed by atoms with E-state index in [1.54, 1.807) is 25.3 Å². The van der Waals surface area contributed by atoms with Crippen molar-refractivity contribution in [3.63, 3.8) is 0 Å². The highest BCUT2D eigenvalue weighted by Gasteiger charge is 2.10. The largest absolute Gasteiger partial charge is 0.497 e. The molecule has 0 fully saturated rings. The van der Waals surface area contributed by atoms with Crippen LogP contribution in [0.5, 0.6) is 5.75 Å². The van der Waals surface area contributed by atoms with Crippen LogP contribution in [-0.4, -0.2) is 13.0 Å². The van der Waals surface area contributed by atoms with Gasteiger partial charge in [-0.25, -0.2) is 0 Å². The molecule has 104 valence electrons. The van der Waals surface area contributed by atoms with Gasteiger partial charge >= 0.3 is 0 Å². The van der Waals surface area contributed by atoms with Crippen LogP contribution < -0.4 is 10.1 Å². The smallest absolute Gasteiger partial charge is 0.252 e. The zero-order chi connectivity index (χ0) is 14.5. The fourth-order valence-corrected chi connectivity index (χ4v) is 2.49. The number of ether oxygens (including phenoxy) is 1. The Labute approximate surface area is 134 Å². The molecule has 0 unspecified atom stereocenters. The Morgan fingerprint density at radius 3 is 2.45 bits per heavy atom.